The van der Waals surface area contributed by atoms with Gasteiger partial charge in [-0.05, 0) is 88.2 Å². The first-order valence-corrected chi connectivity index (χ1v) is 22.6. The summed E-state index contributed by atoms with van der Waals surface area (Å²) in [6, 6.07) is 6.94. The summed E-state index contributed by atoms with van der Waals surface area (Å²) in [5.41, 5.74) is 5.18. The molecule has 54 heavy (non-hydrogen) atoms. The number of benzene rings is 1. The van der Waals surface area contributed by atoms with Crippen molar-refractivity contribution in [3.63, 3.8) is 0 Å². The Labute approximate surface area is 335 Å². The molecule has 2 heterocycles. The quantitative estimate of drug-likeness (QED) is 0.0919. The summed E-state index contributed by atoms with van der Waals surface area (Å²) >= 11 is 17.1. The average Bonchev–Trinajstić information content (AvgIpc) is 3.07. The smallest absolute Gasteiger partial charge is 0.325 e. The van der Waals surface area contributed by atoms with Crippen LogP contribution < -0.4 is 16.1 Å². The lowest BCUT2D eigenvalue weighted by molar-refractivity contribution is -0.152. The summed E-state index contributed by atoms with van der Waals surface area (Å²) in [5, 5.41) is 17.9. The summed E-state index contributed by atoms with van der Waals surface area (Å²) in [4.78, 5) is 58.5. The van der Waals surface area contributed by atoms with Gasteiger partial charge in [0.25, 0.3) is 5.91 Å². The van der Waals surface area contributed by atoms with E-state index in [9.17, 15) is 24.3 Å². The third-order valence-corrected chi connectivity index (χ3v) is 15.1. The van der Waals surface area contributed by atoms with Gasteiger partial charge < -0.3 is 24.9 Å². The van der Waals surface area contributed by atoms with E-state index in [1.165, 1.54) is 5.01 Å². The van der Waals surface area contributed by atoms with E-state index in [4.69, 9.17) is 44.0 Å². The number of esters is 1. The third-order valence-electron chi connectivity index (χ3n) is 10.2. The van der Waals surface area contributed by atoms with Gasteiger partial charge in [-0.2, -0.15) is 0 Å². The fourth-order valence-corrected chi connectivity index (χ4v) is 7.57. The van der Waals surface area contributed by atoms with Crippen LogP contribution in [0.4, 0.5) is 0 Å². The van der Waals surface area contributed by atoms with Gasteiger partial charge in [-0.3, -0.25) is 29.2 Å². The zero-order valence-electron chi connectivity index (χ0n) is 33.1. The molecule has 1 aliphatic heterocycles. The lowest BCUT2D eigenvalue weighted by Crippen LogP contribution is -2.61. The predicted octanol–water partition coefficient (Wildman–Crippen LogP) is 6.30. The van der Waals surface area contributed by atoms with Crippen LogP contribution in [0.1, 0.15) is 92.0 Å². The van der Waals surface area contributed by atoms with E-state index < -0.39 is 72.8 Å². The molecule has 3 rings (SSSR count). The van der Waals surface area contributed by atoms with Crippen molar-refractivity contribution in [1.29, 1.82) is 0 Å². The second-order valence-corrected chi connectivity index (χ2v) is 23.4. The number of carbonyl (C=O) groups is 4. The predicted molar refractivity (Wildman–Crippen MR) is 215 cm³/mol. The number of ether oxygens (including phenoxy) is 1. The molecule has 6 atom stereocenters. The molecule has 1 aromatic carbocycles. The van der Waals surface area contributed by atoms with Crippen LogP contribution in [-0.4, -0.2) is 88.3 Å². The van der Waals surface area contributed by atoms with E-state index in [1.807, 2.05) is 45.0 Å². The van der Waals surface area contributed by atoms with E-state index in [2.05, 4.69) is 54.9 Å². The number of aliphatic hydroxyl groups is 1. The SMILES string of the molecule is CC(C)[C@H](NC(=O)[C@H](CCc1ccc2ccc([C@@H](C)O)nc2c1)[C@H](C)O[Si](C)(C)C(C)(C)C)C(=O)N[C@@H](C)C(=O)N1CCC[C@@H](C(=O)OCC(Cl)(Cl)Cl)N1. The molecule has 0 bridgehead atoms. The highest BCUT2D eigenvalue weighted by Crippen LogP contribution is 2.38. The van der Waals surface area contributed by atoms with Gasteiger partial charge >= 0.3 is 5.97 Å². The summed E-state index contributed by atoms with van der Waals surface area (Å²) in [6.07, 6.45) is 0.750. The van der Waals surface area contributed by atoms with Crippen molar-refractivity contribution in [2.75, 3.05) is 13.2 Å². The monoisotopic (exact) mass is 829 g/mol. The van der Waals surface area contributed by atoms with Crippen molar-refractivity contribution < 1.29 is 33.4 Å². The van der Waals surface area contributed by atoms with Crippen LogP contribution in [0, 0.1) is 11.8 Å². The van der Waals surface area contributed by atoms with Gasteiger partial charge in [-0.15, -0.1) is 0 Å². The summed E-state index contributed by atoms with van der Waals surface area (Å²) in [6.45, 7) is 19.4. The van der Waals surface area contributed by atoms with Crippen molar-refractivity contribution in [2.45, 2.75) is 133 Å². The van der Waals surface area contributed by atoms with Gasteiger partial charge in [0.1, 0.15) is 24.7 Å². The van der Waals surface area contributed by atoms with Gasteiger partial charge in [-0.1, -0.05) is 87.6 Å². The Balaban J connectivity index is 1.76. The first-order valence-electron chi connectivity index (χ1n) is 18.6. The summed E-state index contributed by atoms with van der Waals surface area (Å²) in [7, 11) is -2.29. The number of hydrazine groups is 1. The molecule has 16 heteroatoms. The number of aliphatic hydroxyl groups excluding tert-OH is 1. The molecule has 0 aliphatic carbocycles. The van der Waals surface area contributed by atoms with E-state index in [0.717, 1.165) is 16.5 Å². The number of pyridine rings is 1. The number of hydrogen-bond acceptors (Lipinski definition) is 9. The van der Waals surface area contributed by atoms with Crippen molar-refractivity contribution in [3.05, 3.63) is 41.6 Å². The van der Waals surface area contributed by atoms with Crippen LogP contribution >= 0.6 is 34.8 Å². The zero-order chi connectivity index (χ0) is 40.8. The minimum atomic E-state index is -2.29. The molecule has 1 saturated heterocycles. The molecule has 2 aromatic rings. The number of fused-ring (bicyclic) bond motifs is 1. The molecule has 1 fully saturated rings. The highest BCUT2D eigenvalue weighted by Gasteiger charge is 2.42. The number of amides is 3. The Hall–Kier alpha value is -2.52. The number of nitrogens with one attached hydrogen (secondary N) is 3. The Morgan fingerprint density at radius 3 is 2.26 bits per heavy atom. The molecule has 302 valence electrons. The minimum absolute atomic E-state index is 0.0924. The number of hydrogen-bond donors (Lipinski definition) is 4. The lowest BCUT2D eigenvalue weighted by Gasteiger charge is -2.40. The van der Waals surface area contributed by atoms with Gasteiger partial charge in [0.15, 0.2) is 8.32 Å². The molecule has 0 saturated carbocycles. The number of aryl methyl sites for hydroxylation is 1. The molecule has 1 aromatic heterocycles. The first kappa shape index (κ1) is 45.9. The van der Waals surface area contributed by atoms with Crippen LogP contribution in [0.2, 0.25) is 18.1 Å². The normalized spacial score (nSPS) is 18.4. The van der Waals surface area contributed by atoms with Crippen LogP contribution in [-0.2, 0) is 34.8 Å². The Kier molecular flexibility index (Phi) is 16.2. The van der Waals surface area contributed by atoms with Gasteiger partial charge in [0, 0.05) is 11.9 Å². The molecule has 12 nitrogen and oxygen atoms in total. The Morgan fingerprint density at radius 1 is 1.02 bits per heavy atom. The molecule has 0 unspecified atom stereocenters. The molecule has 0 radical (unpaired) electrons. The van der Waals surface area contributed by atoms with Crippen molar-refractivity contribution in [1.82, 2.24) is 26.1 Å². The van der Waals surface area contributed by atoms with E-state index >= 15 is 0 Å². The van der Waals surface area contributed by atoms with E-state index in [1.54, 1.807) is 19.9 Å². The van der Waals surface area contributed by atoms with Crippen molar-refractivity contribution in [2.24, 2.45) is 11.8 Å². The standard InChI is InChI=1S/C38H58Cl3N5O7Si/c1-22(2)32(34(49)42-23(3)35(50)46-19-11-12-30(45-46)36(51)52-21-38(39,40)41)44-33(48)28(25(5)53-54(9,10)37(6,7)8)17-14-26-13-15-27-16-18-29(24(4)47)43-31(27)20-26/h13,15-16,18,20,22-25,28,30,32,45,47H,11-12,14,17,19,21H2,1-10H3,(H,42,49)(H,44,48)/t23-,24+,25-,28+,30-,32-/m0/s1. The average molecular weight is 831 g/mol. The fraction of sp³-hybridized carbons (Fsp3) is 0.658. The van der Waals surface area contributed by atoms with Crippen LogP contribution in [0.25, 0.3) is 10.9 Å². The number of carbonyl (C=O) groups excluding carboxylic acids is 4. The van der Waals surface area contributed by atoms with Gasteiger partial charge in [0.2, 0.25) is 15.6 Å². The molecule has 0 spiro atoms. The second-order valence-electron chi connectivity index (χ2n) is 16.2. The largest absolute Gasteiger partial charge is 0.460 e. The van der Waals surface area contributed by atoms with Crippen LogP contribution in [0.3, 0.4) is 0 Å². The number of nitrogens with zero attached hydrogens (tertiary/aromatic N) is 2. The fourth-order valence-electron chi connectivity index (χ4n) is 5.95. The second kappa shape index (κ2) is 19.1. The summed E-state index contributed by atoms with van der Waals surface area (Å²) in [5.74, 6) is -2.87. The molecule has 1 aliphatic rings. The highest BCUT2D eigenvalue weighted by molar-refractivity contribution is 6.74. The maximum absolute atomic E-state index is 14.2. The number of rotatable bonds is 15. The number of alkyl halides is 3. The highest BCUT2D eigenvalue weighted by atomic mass is 35.6. The maximum atomic E-state index is 14.2. The lowest BCUT2D eigenvalue weighted by atomic mass is 9.92. The van der Waals surface area contributed by atoms with Crippen LogP contribution in [0.5, 0.6) is 0 Å². The zero-order valence-corrected chi connectivity index (χ0v) is 36.4. The Morgan fingerprint density at radius 2 is 1.67 bits per heavy atom. The Bertz CT molecular complexity index is 1630. The van der Waals surface area contributed by atoms with Crippen molar-refractivity contribution >= 4 is 77.7 Å². The van der Waals surface area contributed by atoms with Gasteiger partial charge in [-0.25, -0.2) is 5.43 Å². The van der Waals surface area contributed by atoms with E-state index in [0.29, 0.717) is 37.9 Å². The molecular weight excluding hydrogens is 773 g/mol. The molecule has 4 N–H and O–H groups in total. The molecular formula is C38H58Cl3N5O7Si. The summed E-state index contributed by atoms with van der Waals surface area (Å²) < 4.78 is 10.1. The third kappa shape index (κ3) is 13.0. The van der Waals surface area contributed by atoms with Crippen molar-refractivity contribution in [3.8, 4) is 0 Å². The van der Waals surface area contributed by atoms with Crippen LogP contribution in [0.15, 0.2) is 30.3 Å². The topological polar surface area (TPSA) is 159 Å². The maximum Gasteiger partial charge on any atom is 0.325 e. The van der Waals surface area contributed by atoms with Gasteiger partial charge in [0.05, 0.1) is 29.3 Å². The molecule has 3 amide bonds. The first-order chi connectivity index (χ1) is 24.9. The van der Waals surface area contributed by atoms with E-state index in [-0.39, 0.29) is 16.9 Å². The minimum Gasteiger partial charge on any atom is -0.460 e. The number of halogens is 3. The number of aromatic nitrogens is 1.